The average molecular weight is 262 g/mol. The normalized spacial score (nSPS) is 11.1. The number of benzene rings is 1. The van der Waals surface area contributed by atoms with Crippen LogP contribution in [-0.4, -0.2) is 14.5 Å². The van der Waals surface area contributed by atoms with Crippen molar-refractivity contribution in [3.63, 3.8) is 0 Å². The lowest BCUT2D eigenvalue weighted by molar-refractivity contribution is 0.632. The van der Waals surface area contributed by atoms with E-state index in [0.717, 1.165) is 10.9 Å². The highest BCUT2D eigenvalue weighted by Crippen LogP contribution is 2.30. The Labute approximate surface area is 108 Å². The zero-order valence-corrected chi connectivity index (χ0v) is 10.3. The number of halogens is 2. The molecule has 0 aliphatic rings. The van der Waals surface area contributed by atoms with Crippen molar-refractivity contribution in [2.45, 2.75) is 0 Å². The third kappa shape index (κ3) is 1.66. The molecule has 0 unspecified atom stereocenters. The minimum atomic E-state index is -0.249. The average Bonchev–Trinajstić information content (AvgIpc) is 2.68. The molecule has 0 saturated carbocycles. The van der Waals surface area contributed by atoms with Crippen molar-refractivity contribution in [1.82, 2.24) is 14.5 Å². The van der Waals surface area contributed by atoms with Crippen LogP contribution in [0.5, 0.6) is 0 Å². The molecule has 0 bridgehead atoms. The highest BCUT2D eigenvalue weighted by molar-refractivity contribution is 6.28. The van der Waals surface area contributed by atoms with Gasteiger partial charge in [-0.25, -0.2) is 14.4 Å². The van der Waals surface area contributed by atoms with Gasteiger partial charge in [-0.3, -0.25) is 0 Å². The summed E-state index contributed by atoms with van der Waals surface area (Å²) in [5, 5.41) is 0.994. The molecule has 0 spiro atoms. The number of hydrogen-bond donors (Lipinski definition) is 0. The number of aryl methyl sites for hydroxylation is 1. The molecule has 90 valence electrons. The zero-order chi connectivity index (χ0) is 12.7. The molecular formula is C13H9ClFN3. The van der Waals surface area contributed by atoms with Gasteiger partial charge in [0.05, 0.1) is 11.2 Å². The van der Waals surface area contributed by atoms with E-state index in [1.54, 1.807) is 29.9 Å². The smallest absolute Gasteiger partial charge is 0.222 e. The number of nitrogens with zero attached hydrogens (tertiary/aromatic N) is 3. The molecule has 0 N–H and O–H groups in total. The molecule has 1 aromatic carbocycles. The predicted molar refractivity (Wildman–Crippen MR) is 68.9 cm³/mol. The SMILES string of the molecule is Cn1cc(-c2ccnc(Cl)n2)c2cccc(F)c21. The van der Waals surface area contributed by atoms with Crippen LogP contribution >= 0.6 is 11.6 Å². The van der Waals surface area contributed by atoms with Gasteiger partial charge < -0.3 is 4.57 Å². The van der Waals surface area contributed by atoms with Gasteiger partial charge in [-0.2, -0.15) is 0 Å². The van der Waals surface area contributed by atoms with E-state index in [9.17, 15) is 4.39 Å². The summed E-state index contributed by atoms with van der Waals surface area (Å²) in [5.41, 5.74) is 2.09. The Hall–Kier alpha value is -1.94. The minimum Gasteiger partial charge on any atom is -0.347 e. The second-order valence-corrected chi connectivity index (χ2v) is 4.34. The lowest BCUT2D eigenvalue weighted by Crippen LogP contribution is -1.86. The van der Waals surface area contributed by atoms with Crippen molar-refractivity contribution in [1.29, 1.82) is 0 Å². The molecule has 5 heteroatoms. The lowest BCUT2D eigenvalue weighted by atomic mass is 10.1. The summed E-state index contributed by atoms with van der Waals surface area (Å²) < 4.78 is 15.5. The first kappa shape index (κ1) is 11.2. The quantitative estimate of drug-likeness (QED) is 0.629. The third-order valence-corrected chi connectivity index (χ3v) is 3.04. The Balaban J connectivity index is 2.34. The Morgan fingerprint density at radius 2 is 2.11 bits per heavy atom. The predicted octanol–water partition coefficient (Wildman–Crippen LogP) is 3.43. The fourth-order valence-electron chi connectivity index (χ4n) is 2.11. The molecule has 0 amide bonds. The summed E-state index contributed by atoms with van der Waals surface area (Å²) in [6.07, 6.45) is 3.43. The van der Waals surface area contributed by atoms with E-state index < -0.39 is 0 Å². The van der Waals surface area contributed by atoms with Crippen LogP contribution in [0.15, 0.2) is 36.7 Å². The minimum absolute atomic E-state index is 0.181. The largest absolute Gasteiger partial charge is 0.347 e. The molecule has 0 fully saturated rings. The first-order valence-electron chi connectivity index (χ1n) is 5.39. The highest BCUT2D eigenvalue weighted by atomic mass is 35.5. The van der Waals surface area contributed by atoms with Gasteiger partial charge in [-0.05, 0) is 23.7 Å². The van der Waals surface area contributed by atoms with Gasteiger partial charge in [0, 0.05) is 30.4 Å². The number of aromatic nitrogens is 3. The topological polar surface area (TPSA) is 30.7 Å². The summed E-state index contributed by atoms with van der Waals surface area (Å²) in [6, 6.07) is 6.75. The van der Waals surface area contributed by atoms with Crippen molar-refractivity contribution >= 4 is 22.5 Å². The van der Waals surface area contributed by atoms with E-state index in [2.05, 4.69) is 9.97 Å². The van der Waals surface area contributed by atoms with E-state index in [4.69, 9.17) is 11.6 Å². The monoisotopic (exact) mass is 261 g/mol. The molecular weight excluding hydrogens is 253 g/mol. The molecule has 0 aliphatic carbocycles. The molecule has 0 radical (unpaired) electrons. The summed E-state index contributed by atoms with van der Waals surface area (Å²) in [5.74, 6) is -0.249. The van der Waals surface area contributed by atoms with Crippen LogP contribution in [0.2, 0.25) is 5.28 Å². The van der Waals surface area contributed by atoms with Crippen molar-refractivity contribution in [2.75, 3.05) is 0 Å². The highest BCUT2D eigenvalue weighted by Gasteiger charge is 2.12. The Morgan fingerprint density at radius 3 is 2.89 bits per heavy atom. The Morgan fingerprint density at radius 1 is 1.28 bits per heavy atom. The molecule has 0 saturated heterocycles. The van der Waals surface area contributed by atoms with E-state index in [-0.39, 0.29) is 11.1 Å². The van der Waals surface area contributed by atoms with Gasteiger partial charge >= 0.3 is 0 Å². The molecule has 0 atom stereocenters. The Bertz CT molecular complexity index is 736. The summed E-state index contributed by atoms with van der Waals surface area (Å²) in [6.45, 7) is 0. The van der Waals surface area contributed by atoms with Crippen LogP contribution in [0.3, 0.4) is 0 Å². The maximum absolute atomic E-state index is 13.8. The van der Waals surface area contributed by atoms with Gasteiger partial charge in [0.1, 0.15) is 5.82 Å². The van der Waals surface area contributed by atoms with E-state index in [1.165, 1.54) is 6.07 Å². The van der Waals surface area contributed by atoms with Crippen molar-refractivity contribution in [3.05, 3.63) is 47.8 Å². The Kier molecular flexibility index (Phi) is 2.52. The van der Waals surface area contributed by atoms with Crippen molar-refractivity contribution < 1.29 is 4.39 Å². The van der Waals surface area contributed by atoms with Crippen LogP contribution < -0.4 is 0 Å². The number of para-hydroxylation sites is 1. The lowest BCUT2D eigenvalue weighted by Gasteiger charge is -1.99. The van der Waals surface area contributed by atoms with Gasteiger partial charge in [-0.1, -0.05) is 12.1 Å². The number of rotatable bonds is 1. The molecule has 3 aromatic rings. The van der Waals surface area contributed by atoms with Crippen LogP contribution in [-0.2, 0) is 7.05 Å². The fourth-order valence-corrected chi connectivity index (χ4v) is 2.26. The van der Waals surface area contributed by atoms with Crippen LogP contribution in [0.25, 0.3) is 22.2 Å². The summed E-state index contributed by atoms with van der Waals surface area (Å²) in [4.78, 5) is 8.00. The number of hydrogen-bond acceptors (Lipinski definition) is 2. The second kappa shape index (κ2) is 4.07. The fraction of sp³-hybridized carbons (Fsp3) is 0.0769. The standard InChI is InChI=1S/C13H9ClFN3/c1-18-7-9(11-5-6-16-13(14)17-11)8-3-2-4-10(15)12(8)18/h2-7H,1H3. The molecule has 0 aliphatic heterocycles. The van der Waals surface area contributed by atoms with Gasteiger partial charge in [0.25, 0.3) is 0 Å². The van der Waals surface area contributed by atoms with Crippen LogP contribution in [0.1, 0.15) is 0 Å². The molecule has 2 heterocycles. The molecule has 3 nitrogen and oxygen atoms in total. The van der Waals surface area contributed by atoms with Gasteiger partial charge in [-0.15, -0.1) is 0 Å². The molecule has 3 rings (SSSR count). The molecule has 2 aromatic heterocycles. The maximum Gasteiger partial charge on any atom is 0.222 e. The maximum atomic E-state index is 13.8. The van der Waals surface area contributed by atoms with E-state index in [0.29, 0.717) is 11.2 Å². The third-order valence-electron chi connectivity index (χ3n) is 2.85. The molecule has 18 heavy (non-hydrogen) atoms. The van der Waals surface area contributed by atoms with Crippen molar-refractivity contribution in [3.8, 4) is 11.3 Å². The second-order valence-electron chi connectivity index (χ2n) is 4.00. The van der Waals surface area contributed by atoms with E-state index in [1.807, 2.05) is 12.3 Å². The number of fused-ring (bicyclic) bond motifs is 1. The zero-order valence-electron chi connectivity index (χ0n) is 9.56. The van der Waals surface area contributed by atoms with Crippen LogP contribution in [0.4, 0.5) is 4.39 Å². The first-order chi connectivity index (χ1) is 8.66. The first-order valence-corrected chi connectivity index (χ1v) is 5.77. The van der Waals surface area contributed by atoms with Gasteiger partial charge in [0.2, 0.25) is 5.28 Å². The summed E-state index contributed by atoms with van der Waals surface area (Å²) >= 11 is 5.78. The van der Waals surface area contributed by atoms with Gasteiger partial charge in [0.15, 0.2) is 0 Å². The van der Waals surface area contributed by atoms with Crippen LogP contribution in [0, 0.1) is 5.82 Å². The van der Waals surface area contributed by atoms with Crippen molar-refractivity contribution in [2.24, 2.45) is 7.05 Å². The summed E-state index contributed by atoms with van der Waals surface area (Å²) in [7, 11) is 1.80. The van der Waals surface area contributed by atoms with E-state index >= 15 is 0 Å².